The topological polar surface area (TPSA) is 69.0 Å². The number of amides is 2. The van der Waals surface area contributed by atoms with Gasteiger partial charge in [-0.15, -0.1) is 0 Å². The van der Waals surface area contributed by atoms with E-state index in [-0.39, 0.29) is 11.7 Å². The Morgan fingerprint density at radius 1 is 1.21 bits per heavy atom. The van der Waals surface area contributed by atoms with Crippen molar-refractivity contribution in [1.82, 2.24) is 19.3 Å². The van der Waals surface area contributed by atoms with Crippen LogP contribution >= 0.6 is 0 Å². The number of halogens is 1. The van der Waals surface area contributed by atoms with Crippen LogP contribution in [0, 0.1) is 12.7 Å². The molecule has 1 saturated carbocycles. The van der Waals surface area contributed by atoms with Crippen LogP contribution in [0.25, 0.3) is 5.65 Å². The van der Waals surface area contributed by atoms with Crippen LogP contribution in [0.1, 0.15) is 31.0 Å². The SMILES string of the molecule is Cc1cn2cc(NC(=O)N3CCc4c(N5CCN(C6CC6)C(C)C5)ccnc43)c(F)cc2n1. The smallest absolute Gasteiger partial charge is 0.327 e. The largest absolute Gasteiger partial charge is 0.368 e. The summed E-state index contributed by atoms with van der Waals surface area (Å²) in [7, 11) is 0. The van der Waals surface area contributed by atoms with Crippen molar-refractivity contribution in [3.63, 3.8) is 0 Å². The molecule has 6 rings (SSSR count). The molecule has 0 aromatic carbocycles. The zero-order valence-corrected chi connectivity index (χ0v) is 19.0. The molecule has 3 aliphatic rings. The van der Waals surface area contributed by atoms with Crippen molar-refractivity contribution >= 4 is 28.9 Å². The van der Waals surface area contributed by atoms with Gasteiger partial charge in [0.25, 0.3) is 0 Å². The van der Waals surface area contributed by atoms with E-state index < -0.39 is 5.82 Å². The van der Waals surface area contributed by atoms with E-state index in [1.165, 1.54) is 24.6 Å². The molecular weight excluding hydrogens is 421 g/mol. The molecule has 2 fully saturated rings. The maximum atomic E-state index is 14.6. The lowest BCUT2D eigenvalue weighted by Gasteiger charge is -2.41. The first-order valence-electron chi connectivity index (χ1n) is 11.7. The Morgan fingerprint density at radius 3 is 2.85 bits per heavy atom. The minimum atomic E-state index is -0.509. The standard InChI is InChI=1S/C24H28FN7O/c1-15-12-30-14-20(19(25)11-22(30)27-15)28-24(33)32-8-6-18-21(5-7-26-23(18)32)29-9-10-31(16(2)13-29)17-3-4-17/h5,7,11-12,14,16-17H,3-4,6,8-10,13H2,1-2H3,(H,28,33). The lowest BCUT2D eigenvalue weighted by atomic mass is 10.1. The van der Waals surface area contributed by atoms with Crippen LogP contribution in [-0.4, -0.2) is 63.6 Å². The summed E-state index contributed by atoms with van der Waals surface area (Å²) in [6.45, 7) is 7.71. The Kier molecular flexibility index (Phi) is 4.76. The Morgan fingerprint density at radius 2 is 2.06 bits per heavy atom. The van der Waals surface area contributed by atoms with Gasteiger partial charge in [0.15, 0.2) is 5.82 Å². The molecule has 9 heteroatoms. The highest BCUT2D eigenvalue weighted by atomic mass is 19.1. The highest BCUT2D eigenvalue weighted by molar-refractivity contribution is 6.03. The minimum absolute atomic E-state index is 0.125. The molecule has 172 valence electrons. The van der Waals surface area contributed by atoms with Gasteiger partial charge >= 0.3 is 6.03 Å². The maximum absolute atomic E-state index is 14.6. The van der Waals surface area contributed by atoms with E-state index >= 15 is 0 Å². The number of hydrogen-bond acceptors (Lipinski definition) is 5. The van der Waals surface area contributed by atoms with Crippen LogP contribution in [0.4, 0.5) is 26.4 Å². The molecular formula is C24H28FN7O. The fourth-order valence-electron chi connectivity index (χ4n) is 5.32. The second kappa shape index (κ2) is 7.69. The van der Waals surface area contributed by atoms with E-state index in [1.54, 1.807) is 27.9 Å². The van der Waals surface area contributed by atoms with Crippen molar-refractivity contribution in [2.45, 2.75) is 45.2 Å². The number of hydrogen-bond donors (Lipinski definition) is 1. The molecule has 1 atom stereocenters. The van der Waals surface area contributed by atoms with Crippen molar-refractivity contribution < 1.29 is 9.18 Å². The number of urea groups is 1. The predicted molar refractivity (Wildman–Crippen MR) is 126 cm³/mol. The van der Waals surface area contributed by atoms with E-state index in [9.17, 15) is 9.18 Å². The normalized spacial score (nSPS) is 21.0. The third kappa shape index (κ3) is 3.60. The molecule has 1 aliphatic carbocycles. The summed E-state index contributed by atoms with van der Waals surface area (Å²) in [5.41, 5.74) is 3.69. The number of nitrogens with one attached hydrogen (secondary N) is 1. The zero-order chi connectivity index (χ0) is 22.7. The van der Waals surface area contributed by atoms with Crippen LogP contribution in [0.15, 0.2) is 30.7 Å². The summed E-state index contributed by atoms with van der Waals surface area (Å²) in [6, 6.07) is 4.31. The van der Waals surface area contributed by atoms with Crippen LogP contribution < -0.4 is 15.1 Å². The summed E-state index contributed by atoms with van der Waals surface area (Å²) >= 11 is 0. The van der Waals surface area contributed by atoms with Crippen molar-refractivity contribution in [2.24, 2.45) is 0 Å². The van der Waals surface area contributed by atoms with Crippen LogP contribution in [0.3, 0.4) is 0 Å². The number of aryl methyl sites for hydroxylation is 1. The molecule has 0 radical (unpaired) electrons. The maximum Gasteiger partial charge on any atom is 0.327 e. The third-order valence-electron chi connectivity index (χ3n) is 7.03. The number of pyridine rings is 2. The van der Waals surface area contributed by atoms with E-state index in [4.69, 9.17) is 0 Å². The quantitative estimate of drug-likeness (QED) is 0.664. The molecule has 0 spiro atoms. The van der Waals surface area contributed by atoms with Gasteiger partial charge in [-0.05, 0) is 39.2 Å². The number of carbonyl (C=O) groups is 1. The van der Waals surface area contributed by atoms with Gasteiger partial charge in [0.2, 0.25) is 0 Å². The molecule has 1 N–H and O–H groups in total. The number of carbonyl (C=O) groups excluding carboxylic acids is 1. The van der Waals surface area contributed by atoms with Crippen molar-refractivity contribution in [2.75, 3.05) is 41.3 Å². The number of piperazine rings is 1. The van der Waals surface area contributed by atoms with Gasteiger partial charge < -0.3 is 14.6 Å². The van der Waals surface area contributed by atoms with E-state index in [0.29, 0.717) is 24.1 Å². The van der Waals surface area contributed by atoms with Gasteiger partial charge in [0, 0.05) is 74.2 Å². The second-order valence-electron chi connectivity index (χ2n) is 9.41. The molecule has 2 amide bonds. The first kappa shape index (κ1) is 20.4. The highest BCUT2D eigenvalue weighted by Crippen LogP contribution is 2.36. The Hall–Kier alpha value is -3.20. The molecule has 2 aliphatic heterocycles. The minimum Gasteiger partial charge on any atom is -0.368 e. The van der Waals surface area contributed by atoms with Crippen molar-refractivity contribution in [3.05, 3.63) is 47.8 Å². The zero-order valence-electron chi connectivity index (χ0n) is 19.0. The number of fused-ring (bicyclic) bond motifs is 2. The highest BCUT2D eigenvalue weighted by Gasteiger charge is 2.37. The number of aromatic nitrogens is 3. The van der Waals surface area contributed by atoms with E-state index in [1.807, 2.05) is 6.92 Å². The monoisotopic (exact) mass is 449 g/mol. The van der Waals surface area contributed by atoms with Gasteiger partial charge in [-0.1, -0.05) is 0 Å². The fourth-order valence-corrected chi connectivity index (χ4v) is 5.32. The van der Waals surface area contributed by atoms with Crippen molar-refractivity contribution in [3.8, 4) is 0 Å². The summed E-state index contributed by atoms with van der Waals surface area (Å²) in [4.78, 5) is 28.6. The Labute approximate surface area is 192 Å². The molecule has 8 nitrogen and oxygen atoms in total. The lowest BCUT2D eigenvalue weighted by Crippen LogP contribution is -2.52. The summed E-state index contributed by atoms with van der Waals surface area (Å²) in [5, 5.41) is 2.73. The van der Waals surface area contributed by atoms with Gasteiger partial charge in [-0.3, -0.25) is 9.80 Å². The third-order valence-corrected chi connectivity index (χ3v) is 7.03. The molecule has 5 heterocycles. The van der Waals surface area contributed by atoms with Gasteiger partial charge in [0.1, 0.15) is 11.5 Å². The number of rotatable bonds is 3. The Bertz CT molecular complexity index is 1240. The molecule has 3 aromatic heterocycles. The number of anilines is 3. The van der Waals surface area contributed by atoms with E-state index in [2.05, 4.69) is 38.1 Å². The second-order valence-corrected chi connectivity index (χ2v) is 9.41. The van der Waals surface area contributed by atoms with E-state index in [0.717, 1.165) is 43.4 Å². The van der Waals surface area contributed by atoms with Crippen LogP contribution in [0.5, 0.6) is 0 Å². The summed E-state index contributed by atoms with van der Waals surface area (Å²) in [6.07, 6.45) is 8.53. The lowest BCUT2D eigenvalue weighted by molar-refractivity contribution is 0.180. The fraction of sp³-hybridized carbons (Fsp3) is 0.458. The van der Waals surface area contributed by atoms with Gasteiger partial charge in [-0.2, -0.15) is 0 Å². The molecule has 0 bridgehead atoms. The molecule has 1 saturated heterocycles. The molecule has 1 unspecified atom stereocenters. The summed E-state index contributed by atoms with van der Waals surface area (Å²) < 4.78 is 16.3. The van der Waals surface area contributed by atoms with Crippen LogP contribution in [-0.2, 0) is 6.42 Å². The number of nitrogens with zero attached hydrogens (tertiary/aromatic N) is 6. The first-order valence-corrected chi connectivity index (χ1v) is 11.7. The molecule has 3 aromatic rings. The Balaban J connectivity index is 1.22. The van der Waals surface area contributed by atoms with Crippen molar-refractivity contribution in [1.29, 1.82) is 0 Å². The average molecular weight is 450 g/mol. The van der Waals surface area contributed by atoms with Gasteiger partial charge in [-0.25, -0.2) is 19.2 Å². The average Bonchev–Trinajstić information content (AvgIpc) is 3.43. The molecule has 33 heavy (non-hydrogen) atoms. The summed E-state index contributed by atoms with van der Waals surface area (Å²) in [5.74, 6) is 0.160. The van der Waals surface area contributed by atoms with Crippen LogP contribution in [0.2, 0.25) is 0 Å². The number of imidazole rings is 1. The first-order chi connectivity index (χ1) is 16.0. The van der Waals surface area contributed by atoms with Gasteiger partial charge in [0.05, 0.1) is 11.4 Å². The predicted octanol–water partition coefficient (Wildman–Crippen LogP) is 3.44.